The summed E-state index contributed by atoms with van der Waals surface area (Å²) in [6.07, 6.45) is 0.445. The fourth-order valence-corrected chi connectivity index (χ4v) is 0.826. The lowest BCUT2D eigenvalue weighted by molar-refractivity contribution is 0.107. The van der Waals surface area contributed by atoms with Crippen molar-refractivity contribution in [3.63, 3.8) is 0 Å². The topological polar surface area (TPSA) is 32.6 Å². The average Bonchev–Trinajstić information content (AvgIpc) is 1.99. The highest BCUT2D eigenvalue weighted by atomic mass is 19.1. The molecule has 52 valence electrons. The van der Waals surface area contributed by atoms with Crippen LogP contribution in [0.2, 0.25) is 0 Å². The van der Waals surface area contributed by atoms with Gasteiger partial charge in [0.1, 0.15) is 0 Å². The zero-order chi connectivity index (χ0) is 6.69. The van der Waals surface area contributed by atoms with Crippen LogP contribution in [0, 0.1) is 0 Å². The van der Waals surface area contributed by atoms with E-state index in [0.717, 1.165) is 6.42 Å². The summed E-state index contributed by atoms with van der Waals surface area (Å²) in [5.41, 5.74) is 0. The first-order chi connectivity index (χ1) is 4.30. The van der Waals surface area contributed by atoms with E-state index in [1.807, 2.05) is 0 Å². The molecule has 3 heteroatoms. The summed E-state index contributed by atoms with van der Waals surface area (Å²) in [5.74, 6) is 0. The van der Waals surface area contributed by atoms with E-state index >= 15 is 0 Å². The van der Waals surface area contributed by atoms with Crippen molar-refractivity contribution < 1.29 is 9.50 Å². The molecule has 1 aliphatic rings. The Morgan fingerprint density at radius 2 is 2.44 bits per heavy atom. The zero-order valence-corrected chi connectivity index (χ0v) is 5.13. The molecule has 1 heterocycles. The number of aliphatic hydroxyl groups is 1. The van der Waals surface area contributed by atoms with Crippen LogP contribution in [0.1, 0.15) is 12.8 Å². The van der Waals surface area contributed by atoms with Gasteiger partial charge in [-0.05, 0) is 12.8 Å². The predicted octanol–water partition coefficient (Wildman–Crippen LogP) is 0.550. The number of aliphatic imine (C=N–C) groups is 1. The van der Waals surface area contributed by atoms with Gasteiger partial charge in [-0.25, -0.2) is 4.39 Å². The molecule has 1 N–H and O–H groups in total. The third-order valence-corrected chi connectivity index (χ3v) is 1.40. The van der Waals surface area contributed by atoms with Gasteiger partial charge < -0.3 is 5.11 Å². The van der Waals surface area contributed by atoms with E-state index in [2.05, 4.69) is 4.99 Å². The first-order valence-electron chi connectivity index (χ1n) is 3.13. The summed E-state index contributed by atoms with van der Waals surface area (Å²) in [4.78, 5) is 3.74. The summed E-state index contributed by atoms with van der Waals surface area (Å²) in [6, 6.07) is 0. The van der Waals surface area contributed by atoms with Gasteiger partial charge in [0.05, 0.1) is 6.10 Å². The van der Waals surface area contributed by atoms with Crippen molar-refractivity contribution in [3.05, 3.63) is 0 Å². The van der Waals surface area contributed by atoms with E-state index in [4.69, 9.17) is 5.11 Å². The quantitative estimate of drug-likeness (QED) is 0.511. The lowest BCUT2D eigenvalue weighted by Gasteiger charge is -2.06. The van der Waals surface area contributed by atoms with Crippen LogP contribution >= 0.6 is 0 Å². The molecule has 2 nitrogen and oxygen atoms in total. The van der Waals surface area contributed by atoms with Crippen LogP contribution in [-0.4, -0.2) is 30.1 Å². The monoisotopic (exact) mass is 131 g/mol. The maximum atomic E-state index is 12.4. The lowest BCUT2D eigenvalue weighted by Crippen LogP contribution is -2.21. The van der Waals surface area contributed by atoms with Crippen molar-refractivity contribution in [2.75, 3.05) is 6.54 Å². The van der Waals surface area contributed by atoms with Crippen molar-refractivity contribution >= 4 is 6.21 Å². The highest BCUT2D eigenvalue weighted by molar-refractivity contribution is 5.63. The van der Waals surface area contributed by atoms with Gasteiger partial charge in [0.2, 0.25) is 0 Å². The molecule has 1 rings (SSSR count). The molecule has 2 unspecified atom stereocenters. The molecule has 0 saturated carbocycles. The van der Waals surface area contributed by atoms with Crippen molar-refractivity contribution in [1.29, 1.82) is 0 Å². The molecule has 9 heavy (non-hydrogen) atoms. The molecule has 0 aromatic heterocycles. The Bertz CT molecular complexity index is 116. The standard InChI is InChI=1S/C6H10FNO/c7-5-4-8-3-1-2-6(5)9/h4-6,9H,1-3H2. The highest BCUT2D eigenvalue weighted by Gasteiger charge is 2.16. The third kappa shape index (κ3) is 1.75. The van der Waals surface area contributed by atoms with Gasteiger partial charge in [-0.15, -0.1) is 0 Å². The fourth-order valence-electron chi connectivity index (χ4n) is 0.826. The Hall–Kier alpha value is -0.440. The second-order valence-electron chi connectivity index (χ2n) is 2.21. The minimum Gasteiger partial charge on any atom is -0.390 e. The Kier molecular flexibility index (Phi) is 2.16. The SMILES string of the molecule is OC1CCCN=CC1F. The number of rotatable bonds is 0. The molecule has 0 aromatic carbocycles. The summed E-state index contributed by atoms with van der Waals surface area (Å²) >= 11 is 0. The normalized spacial score (nSPS) is 36.2. The molecular weight excluding hydrogens is 121 g/mol. The van der Waals surface area contributed by atoms with E-state index < -0.39 is 12.3 Å². The fraction of sp³-hybridized carbons (Fsp3) is 0.833. The Morgan fingerprint density at radius 3 is 3.22 bits per heavy atom. The molecular formula is C6H10FNO. The molecule has 1 aliphatic heterocycles. The van der Waals surface area contributed by atoms with Gasteiger partial charge in [-0.3, -0.25) is 4.99 Å². The van der Waals surface area contributed by atoms with E-state index in [1.54, 1.807) is 0 Å². The van der Waals surface area contributed by atoms with Gasteiger partial charge in [0.15, 0.2) is 6.17 Å². The molecule has 2 atom stereocenters. The maximum Gasteiger partial charge on any atom is 0.160 e. The number of hydrogen-bond acceptors (Lipinski definition) is 2. The van der Waals surface area contributed by atoms with Gasteiger partial charge in [-0.2, -0.15) is 0 Å². The number of halogens is 1. The molecule has 0 fully saturated rings. The van der Waals surface area contributed by atoms with Crippen LogP contribution in [0.15, 0.2) is 4.99 Å². The number of aliphatic hydroxyl groups excluding tert-OH is 1. The predicted molar refractivity (Wildman–Crippen MR) is 33.5 cm³/mol. The molecule has 0 aliphatic carbocycles. The second kappa shape index (κ2) is 2.92. The summed E-state index contributed by atoms with van der Waals surface area (Å²) < 4.78 is 12.4. The number of hydrogen-bond donors (Lipinski definition) is 1. The average molecular weight is 131 g/mol. The molecule has 0 radical (unpaired) electrons. The van der Waals surface area contributed by atoms with E-state index in [9.17, 15) is 4.39 Å². The van der Waals surface area contributed by atoms with Gasteiger partial charge in [0.25, 0.3) is 0 Å². The highest BCUT2D eigenvalue weighted by Crippen LogP contribution is 2.07. The molecule has 0 aromatic rings. The van der Waals surface area contributed by atoms with Crippen molar-refractivity contribution in [2.24, 2.45) is 4.99 Å². The summed E-state index contributed by atoms with van der Waals surface area (Å²) in [6.45, 7) is 0.650. The Labute approximate surface area is 53.4 Å². The van der Waals surface area contributed by atoms with E-state index in [0.29, 0.717) is 13.0 Å². The largest absolute Gasteiger partial charge is 0.390 e. The third-order valence-electron chi connectivity index (χ3n) is 1.40. The van der Waals surface area contributed by atoms with E-state index in [1.165, 1.54) is 6.21 Å². The first-order valence-corrected chi connectivity index (χ1v) is 3.13. The minimum atomic E-state index is -1.24. The van der Waals surface area contributed by atoms with Crippen LogP contribution in [0.3, 0.4) is 0 Å². The number of nitrogens with zero attached hydrogens (tertiary/aromatic N) is 1. The Morgan fingerprint density at radius 1 is 1.67 bits per heavy atom. The van der Waals surface area contributed by atoms with Crippen molar-refractivity contribution in [2.45, 2.75) is 25.1 Å². The molecule has 0 amide bonds. The number of alkyl halides is 1. The maximum absolute atomic E-state index is 12.4. The lowest BCUT2D eigenvalue weighted by atomic mass is 10.1. The van der Waals surface area contributed by atoms with E-state index in [-0.39, 0.29) is 0 Å². The van der Waals surface area contributed by atoms with Crippen molar-refractivity contribution in [3.8, 4) is 0 Å². The summed E-state index contributed by atoms with van der Waals surface area (Å²) in [5, 5.41) is 8.89. The minimum absolute atomic E-state index is 0.529. The van der Waals surface area contributed by atoms with Crippen LogP contribution < -0.4 is 0 Å². The summed E-state index contributed by atoms with van der Waals surface area (Å²) in [7, 11) is 0. The molecule has 0 saturated heterocycles. The van der Waals surface area contributed by atoms with Gasteiger partial charge in [-0.1, -0.05) is 0 Å². The molecule has 0 bridgehead atoms. The molecule has 0 spiro atoms. The van der Waals surface area contributed by atoms with Crippen molar-refractivity contribution in [1.82, 2.24) is 0 Å². The first kappa shape index (κ1) is 6.68. The smallest absolute Gasteiger partial charge is 0.160 e. The second-order valence-corrected chi connectivity index (χ2v) is 2.21. The zero-order valence-electron chi connectivity index (χ0n) is 5.13. The van der Waals surface area contributed by atoms with Crippen LogP contribution in [0.5, 0.6) is 0 Å². The van der Waals surface area contributed by atoms with Crippen LogP contribution in [-0.2, 0) is 0 Å². The van der Waals surface area contributed by atoms with Crippen LogP contribution in [0.25, 0.3) is 0 Å². The van der Waals surface area contributed by atoms with Gasteiger partial charge in [0, 0.05) is 12.8 Å². The van der Waals surface area contributed by atoms with Gasteiger partial charge >= 0.3 is 0 Å². The van der Waals surface area contributed by atoms with Crippen LogP contribution in [0.4, 0.5) is 4.39 Å². The Balaban J connectivity index is 2.46.